The van der Waals surface area contributed by atoms with Gasteiger partial charge in [0.2, 0.25) is 0 Å². The van der Waals surface area contributed by atoms with E-state index in [-0.39, 0.29) is 11.9 Å². The molecule has 1 aromatic heterocycles. The summed E-state index contributed by atoms with van der Waals surface area (Å²) in [6, 6.07) is 15.8. The third kappa shape index (κ3) is 3.35. The van der Waals surface area contributed by atoms with Crippen LogP contribution in [0, 0.1) is 0 Å². The predicted octanol–water partition coefficient (Wildman–Crippen LogP) is 2.75. The van der Waals surface area contributed by atoms with Crippen molar-refractivity contribution in [1.29, 1.82) is 0 Å². The first-order valence-corrected chi connectivity index (χ1v) is 10.4. The fourth-order valence-corrected chi connectivity index (χ4v) is 4.28. The van der Waals surface area contributed by atoms with E-state index in [1.165, 1.54) is 0 Å². The van der Waals surface area contributed by atoms with Crippen LogP contribution in [-0.4, -0.2) is 53.4 Å². The lowest BCUT2D eigenvalue weighted by atomic mass is 10.2. The molecule has 1 atom stereocenters. The van der Waals surface area contributed by atoms with Crippen LogP contribution in [0.25, 0.3) is 5.69 Å². The van der Waals surface area contributed by atoms with Crippen molar-refractivity contribution in [2.24, 2.45) is 0 Å². The van der Waals surface area contributed by atoms with Crippen LogP contribution in [0.5, 0.6) is 11.5 Å². The van der Waals surface area contributed by atoms with Crippen molar-refractivity contribution in [3.63, 3.8) is 0 Å². The van der Waals surface area contributed by atoms with Crippen molar-refractivity contribution in [3.8, 4) is 17.2 Å². The first kappa shape index (κ1) is 18.8. The Balaban J connectivity index is 1.30. The van der Waals surface area contributed by atoms with Crippen molar-refractivity contribution >= 4 is 5.69 Å². The van der Waals surface area contributed by atoms with Crippen molar-refractivity contribution in [2.75, 3.05) is 44.3 Å². The second kappa shape index (κ2) is 7.91. The smallest absolute Gasteiger partial charge is 0.334 e. The van der Waals surface area contributed by atoms with Gasteiger partial charge in [-0.25, -0.2) is 4.79 Å². The highest BCUT2D eigenvalue weighted by Crippen LogP contribution is 2.39. The van der Waals surface area contributed by atoms with E-state index in [9.17, 15) is 4.79 Å². The van der Waals surface area contributed by atoms with Crippen molar-refractivity contribution in [3.05, 3.63) is 71.4 Å². The second-order valence-corrected chi connectivity index (χ2v) is 7.65. The van der Waals surface area contributed by atoms with E-state index in [0.717, 1.165) is 49.1 Å². The number of aromatic nitrogens is 2. The molecule has 0 radical (unpaired) electrons. The van der Waals surface area contributed by atoms with Crippen LogP contribution in [-0.2, 0) is 0 Å². The zero-order chi connectivity index (χ0) is 20.5. The molecule has 0 N–H and O–H groups in total. The topological polar surface area (TPSA) is 51.9 Å². The average molecular weight is 406 g/mol. The summed E-state index contributed by atoms with van der Waals surface area (Å²) in [5, 5.41) is 0. The van der Waals surface area contributed by atoms with Gasteiger partial charge in [-0.05, 0) is 31.2 Å². The quantitative estimate of drug-likeness (QED) is 0.667. The van der Waals surface area contributed by atoms with Gasteiger partial charge in [0.25, 0.3) is 0 Å². The van der Waals surface area contributed by atoms with Gasteiger partial charge in [-0.2, -0.15) is 0 Å². The summed E-state index contributed by atoms with van der Waals surface area (Å²) in [6.07, 6.45) is 3.72. The highest BCUT2D eigenvalue weighted by atomic mass is 16.6. The Hall–Kier alpha value is -3.19. The summed E-state index contributed by atoms with van der Waals surface area (Å²) in [5.41, 5.74) is 1.96. The van der Waals surface area contributed by atoms with Crippen LogP contribution in [0.3, 0.4) is 0 Å². The molecular formula is C23H26N4O3. The minimum Gasteiger partial charge on any atom is -0.486 e. The Morgan fingerprint density at radius 1 is 0.867 bits per heavy atom. The zero-order valence-corrected chi connectivity index (χ0v) is 17.1. The van der Waals surface area contributed by atoms with Crippen LogP contribution in [0.15, 0.2) is 65.7 Å². The Morgan fingerprint density at radius 2 is 1.63 bits per heavy atom. The molecule has 1 fully saturated rings. The van der Waals surface area contributed by atoms with E-state index in [1.54, 1.807) is 4.57 Å². The standard InChI is InChI=1S/C23H26N4O3/c1-18(26-14-15-27(23(26)28)19-6-3-2-4-7-19)24-10-12-25(13-11-24)20-8-5-9-21-22(20)30-17-16-29-21/h2-9,14-15,18H,10-13,16-17H2,1H3. The summed E-state index contributed by atoms with van der Waals surface area (Å²) in [5.74, 6) is 1.67. The van der Waals surface area contributed by atoms with Gasteiger partial charge < -0.3 is 14.4 Å². The highest BCUT2D eigenvalue weighted by Gasteiger charge is 2.26. The van der Waals surface area contributed by atoms with Gasteiger partial charge in [0, 0.05) is 38.6 Å². The monoisotopic (exact) mass is 406 g/mol. The molecule has 0 saturated carbocycles. The molecule has 0 amide bonds. The number of para-hydroxylation sites is 2. The highest BCUT2D eigenvalue weighted by molar-refractivity contribution is 5.65. The number of hydrogen-bond donors (Lipinski definition) is 0. The number of nitrogens with zero attached hydrogens (tertiary/aromatic N) is 4. The van der Waals surface area contributed by atoms with Crippen LogP contribution >= 0.6 is 0 Å². The number of rotatable bonds is 4. The summed E-state index contributed by atoms with van der Waals surface area (Å²) >= 11 is 0. The maximum absolute atomic E-state index is 13.0. The third-order valence-corrected chi connectivity index (χ3v) is 5.97. The fourth-order valence-electron chi connectivity index (χ4n) is 4.28. The molecule has 0 aliphatic carbocycles. The van der Waals surface area contributed by atoms with E-state index in [1.807, 2.05) is 59.4 Å². The first-order valence-electron chi connectivity index (χ1n) is 10.4. The number of hydrogen-bond acceptors (Lipinski definition) is 5. The van der Waals surface area contributed by atoms with Crippen molar-refractivity contribution in [2.45, 2.75) is 13.1 Å². The predicted molar refractivity (Wildman–Crippen MR) is 116 cm³/mol. The molecule has 2 aliphatic heterocycles. The molecule has 3 aromatic rings. The first-order chi connectivity index (χ1) is 14.7. The summed E-state index contributed by atoms with van der Waals surface area (Å²) in [4.78, 5) is 17.6. The van der Waals surface area contributed by atoms with Gasteiger partial charge in [-0.15, -0.1) is 0 Å². The number of anilines is 1. The molecule has 30 heavy (non-hydrogen) atoms. The lowest BCUT2D eigenvalue weighted by Gasteiger charge is -2.40. The van der Waals surface area contributed by atoms with Crippen LogP contribution in [0.2, 0.25) is 0 Å². The molecule has 7 heteroatoms. The average Bonchev–Trinajstić information content (AvgIpc) is 3.20. The number of imidazole rings is 1. The lowest BCUT2D eigenvalue weighted by Crippen LogP contribution is -2.49. The molecule has 3 heterocycles. The van der Waals surface area contributed by atoms with E-state index >= 15 is 0 Å². The van der Waals surface area contributed by atoms with E-state index < -0.39 is 0 Å². The lowest BCUT2D eigenvalue weighted by molar-refractivity contribution is 0.140. The molecule has 0 spiro atoms. The normalized spacial score (nSPS) is 17.7. The summed E-state index contributed by atoms with van der Waals surface area (Å²) < 4.78 is 15.1. The number of fused-ring (bicyclic) bond motifs is 1. The molecule has 1 saturated heterocycles. The summed E-state index contributed by atoms with van der Waals surface area (Å²) in [7, 11) is 0. The van der Waals surface area contributed by atoms with Crippen LogP contribution in [0.1, 0.15) is 13.1 Å². The number of ether oxygens (including phenoxy) is 2. The van der Waals surface area contributed by atoms with E-state index in [4.69, 9.17) is 9.47 Å². The molecule has 5 rings (SSSR count). The van der Waals surface area contributed by atoms with Gasteiger partial charge in [0.05, 0.1) is 17.5 Å². The van der Waals surface area contributed by atoms with Gasteiger partial charge in [0.1, 0.15) is 13.2 Å². The largest absolute Gasteiger partial charge is 0.486 e. The van der Waals surface area contributed by atoms with Gasteiger partial charge in [0.15, 0.2) is 11.5 Å². The van der Waals surface area contributed by atoms with Crippen LogP contribution < -0.4 is 20.1 Å². The van der Waals surface area contributed by atoms with Crippen LogP contribution in [0.4, 0.5) is 5.69 Å². The summed E-state index contributed by atoms with van der Waals surface area (Å²) in [6.45, 7) is 6.76. The Morgan fingerprint density at radius 3 is 2.43 bits per heavy atom. The van der Waals surface area contributed by atoms with Crippen molar-refractivity contribution in [1.82, 2.24) is 14.0 Å². The molecule has 7 nitrogen and oxygen atoms in total. The Labute approximate surface area is 175 Å². The SMILES string of the molecule is CC(N1CCN(c2cccc3c2OCCO3)CC1)n1ccn(-c2ccccc2)c1=O. The zero-order valence-electron chi connectivity index (χ0n) is 17.1. The second-order valence-electron chi connectivity index (χ2n) is 7.65. The fraction of sp³-hybridized carbons (Fsp3) is 0.348. The van der Waals surface area contributed by atoms with Gasteiger partial charge in [-0.1, -0.05) is 24.3 Å². The molecule has 156 valence electrons. The third-order valence-electron chi connectivity index (χ3n) is 5.97. The Kier molecular flexibility index (Phi) is 4.96. The minimum atomic E-state index is -0.0150. The van der Waals surface area contributed by atoms with Gasteiger partial charge >= 0.3 is 5.69 Å². The Bertz CT molecular complexity index is 1070. The van der Waals surface area contributed by atoms with Crippen molar-refractivity contribution < 1.29 is 9.47 Å². The van der Waals surface area contributed by atoms with Gasteiger partial charge in [-0.3, -0.25) is 14.0 Å². The van der Waals surface area contributed by atoms with E-state index in [2.05, 4.69) is 22.8 Å². The molecule has 2 aromatic carbocycles. The molecular weight excluding hydrogens is 380 g/mol. The molecule has 2 aliphatic rings. The maximum Gasteiger partial charge on any atom is 0.334 e. The van der Waals surface area contributed by atoms with E-state index in [0.29, 0.717) is 13.2 Å². The molecule has 0 bridgehead atoms. The molecule has 1 unspecified atom stereocenters. The minimum absolute atomic E-state index is 0.00566. The number of benzene rings is 2. The maximum atomic E-state index is 13.0. The number of piperazine rings is 1.